The number of allylic oxidation sites excluding steroid dienone is 12. The van der Waals surface area contributed by atoms with Crippen molar-refractivity contribution in [1.29, 1.82) is 0 Å². The highest BCUT2D eigenvalue weighted by Gasteiger charge is 2.19. The van der Waals surface area contributed by atoms with E-state index >= 15 is 0 Å². The fraction of sp³-hybridized carbons (Fsp3) is 0.783. The molecule has 0 aromatic carbocycles. The molecule has 0 saturated heterocycles. The Morgan fingerprint density at radius 2 is 0.520 bits per heavy atom. The molecular formula is C69H122O6. The van der Waals surface area contributed by atoms with Crippen molar-refractivity contribution in [3.8, 4) is 0 Å². The fourth-order valence-electron chi connectivity index (χ4n) is 9.39. The summed E-state index contributed by atoms with van der Waals surface area (Å²) in [6, 6.07) is 0. The van der Waals surface area contributed by atoms with Gasteiger partial charge in [0.05, 0.1) is 0 Å². The lowest BCUT2D eigenvalue weighted by molar-refractivity contribution is -0.167. The van der Waals surface area contributed by atoms with Crippen LogP contribution in [-0.2, 0) is 28.6 Å². The minimum atomic E-state index is -0.786. The van der Waals surface area contributed by atoms with Crippen LogP contribution in [0.3, 0.4) is 0 Å². The summed E-state index contributed by atoms with van der Waals surface area (Å²) in [6.07, 6.45) is 82.1. The zero-order valence-electron chi connectivity index (χ0n) is 49.8. The van der Waals surface area contributed by atoms with E-state index in [2.05, 4.69) is 93.7 Å². The summed E-state index contributed by atoms with van der Waals surface area (Å²) in [7, 11) is 0. The molecule has 0 rings (SSSR count). The molecule has 0 spiro atoms. The van der Waals surface area contributed by atoms with Gasteiger partial charge in [-0.25, -0.2) is 0 Å². The summed E-state index contributed by atoms with van der Waals surface area (Å²) in [6.45, 7) is 6.53. The molecular weight excluding hydrogens is 925 g/mol. The third-order valence-electron chi connectivity index (χ3n) is 14.2. The van der Waals surface area contributed by atoms with E-state index in [4.69, 9.17) is 14.2 Å². The number of esters is 3. The predicted molar refractivity (Wildman–Crippen MR) is 325 cm³/mol. The van der Waals surface area contributed by atoms with Crippen LogP contribution < -0.4 is 0 Å². The number of hydrogen-bond donors (Lipinski definition) is 0. The highest BCUT2D eigenvalue weighted by molar-refractivity contribution is 5.71. The Morgan fingerprint density at radius 1 is 0.280 bits per heavy atom. The van der Waals surface area contributed by atoms with E-state index in [0.717, 1.165) is 109 Å². The standard InChI is InChI=1S/C69H122O6/c1-4-7-10-13-16-19-21-23-25-27-29-31-33-34-36-37-39-41-43-45-47-50-53-56-59-62-68(71)74-65-66(64-73-67(70)61-58-55-52-49-18-15-12-9-6-3)75-69(72)63-60-57-54-51-48-46-44-42-40-38-35-32-30-28-26-24-22-20-17-14-11-8-5-2/h8,11,17,20,24,26,30,32,38,40,44,46,66H,4-7,9-10,12-16,18-19,21-23,25,27-29,31,33-37,39,41-43,45,47-65H2,1-3H3/b11-8-,20-17-,26-24-,32-30-,40-38-,46-44-. The van der Waals surface area contributed by atoms with Crippen molar-refractivity contribution in [3.63, 3.8) is 0 Å². The maximum atomic E-state index is 12.9. The van der Waals surface area contributed by atoms with Gasteiger partial charge in [0.2, 0.25) is 0 Å². The molecule has 0 aromatic heterocycles. The van der Waals surface area contributed by atoms with Crippen LogP contribution in [0, 0.1) is 0 Å². The van der Waals surface area contributed by atoms with Crippen molar-refractivity contribution < 1.29 is 28.6 Å². The Bertz CT molecular complexity index is 1390. The summed E-state index contributed by atoms with van der Waals surface area (Å²) in [5.41, 5.74) is 0. The molecule has 0 aromatic rings. The molecule has 0 amide bonds. The fourth-order valence-corrected chi connectivity index (χ4v) is 9.39. The lowest BCUT2D eigenvalue weighted by Gasteiger charge is -2.18. The van der Waals surface area contributed by atoms with Gasteiger partial charge in [-0.15, -0.1) is 0 Å². The molecule has 1 unspecified atom stereocenters. The Hall–Kier alpha value is -3.15. The molecule has 0 saturated carbocycles. The zero-order valence-corrected chi connectivity index (χ0v) is 49.8. The molecule has 6 heteroatoms. The van der Waals surface area contributed by atoms with E-state index in [1.807, 2.05) is 0 Å². The van der Waals surface area contributed by atoms with Crippen molar-refractivity contribution in [3.05, 3.63) is 72.9 Å². The molecule has 0 bridgehead atoms. The van der Waals surface area contributed by atoms with Crippen molar-refractivity contribution in [2.75, 3.05) is 13.2 Å². The maximum absolute atomic E-state index is 12.9. The monoisotopic (exact) mass is 1050 g/mol. The highest BCUT2D eigenvalue weighted by Crippen LogP contribution is 2.17. The third-order valence-corrected chi connectivity index (χ3v) is 14.2. The quantitative estimate of drug-likeness (QED) is 0.0261. The first-order valence-corrected chi connectivity index (χ1v) is 32.4. The number of carbonyl (C=O) groups excluding carboxylic acids is 3. The lowest BCUT2D eigenvalue weighted by Crippen LogP contribution is -2.30. The van der Waals surface area contributed by atoms with E-state index in [0.29, 0.717) is 19.3 Å². The number of hydrogen-bond acceptors (Lipinski definition) is 6. The van der Waals surface area contributed by atoms with E-state index in [9.17, 15) is 14.4 Å². The van der Waals surface area contributed by atoms with Crippen molar-refractivity contribution in [1.82, 2.24) is 0 Å². The predicted octanol–water partition coefficient (Wildman–Crippen LogP) is 22.1. The number of rotatable bonds is 59. The van der Waals surface area contributed by atoms with Crippen molar-refractivity contribution >= 4 is 17.9 Å². The maximum Gasteiger partial charge on any atom is 0.306 e. The van der Waals surface area contributed by atoms with Gasteiger partial charge in [-0.05, 0) is 70.6 Å². The molecule has 1 atom stereocenters. The second kappa shape index (κ2) is 63.4. The van der Waals surface area contributed by atoms with Crippen LogP contribution >= 0.6 is 0 Å². The minimum Gasteiger partial charge on any atom is -0.462 e. The van der Waals surface area contributed by atoms with Crippen LogP contribution in [0.25, 0.3) is 0 Å². The number of carbonyl (C=O) groups is 3. The van der Waals surface area contributed by atoms with Gasteiger partial charge in [0.25, 0.3) is 0 Å². The molecule has 0 heterocycles. The molecule has 0 aliphatic heterocycles. The Balaban J connectivity index is 4.23. The second-order valence-electron chi connectivity index (χ2n) is 21.7. The van der Waals surface area contributed by atoms with Gasteiger partial charge in [0.1, 0.15) is 13.2 Å². The Morgan fingerprint density at radius 3 is 0.813 bits per heavy atom. The average Bonchev–Trinajstić information content (AvgIpc) is 3.41. The van der Waals surface area contributed by atoms with Crippen molar-refractivity contribution in [2.24, 2.45) is 0 Å². The summed E-state index contributed by atoms with van der Waals surface area (Å²) >= 11 is 0. The number of unbranched alkanes of at least 4 members (excludes halogenated alkanes) is 36. The van der Waals surface area contributed by atoms with E-state index < -0.39 is 6.10 Å². The molecule has 0 radical (unpaired) electrons. The average molecular weight is 1050 g/mol. The van der Waals surface area contributed by atoms with Gasteiger partial charge in [-0.1, -0.05) is 312 Å². The van der Waals surface area contributed by atoms with Gasteiger partial charge in [-0.3, -0.25) is 14.4 Å². The third kappa shape index (κ3) is 61.6. The van der Waals surface area contributed by atoms with Crippen LogP contribution in [0.15, 0.2) is 72.9 Å². The van der Waals surface area contributed by atoms with Crippen molar-refractivity contribution in [2.45, 2.75) is 335 Å². The first-order chi connectivity index (χ1) is 37.0. The van der Waals surface area contributed by atoms with E-state index in [1.165, 1.54) is 180 Å². The van der Waals surface area contributed by atoms with Gasteiger partial charge in [0.15, 0.2) is 6.10 Å². The molecule has 75 heavy (non-hydrogen) atoms. The van der Waals surface area contributed by atoms with Crippen LogP contribution in [0.1, 0.15) is 329 Å². The van der Waals surface area contributed by atoms with Crippen LogP contribution in [0.2, 0.25) is 0 Å². The molecule has 0 aliphatic rings. The first kappa shape index (κ1) is 71.8. The first-order valence-electron chi connectivity index (χ1n) is 32.4. The minimum absolute atomic E-state index is 0.0821. The van der Waals surface area contributed by atoms with Gasteiger partial charge < -0.3 is 14.2 Å². The molecule has 434 valence electrons. The smallest absolute Gasteiger partial charge is 0.306 e. The van der Waals surface area contributed by atoms with Crippen LogP contribution in [-0.4, -0.2) is 37.2 Å². The second-order valence-corrected chi connectivity index (χ2v) is 21.7. The summed E-state index contributed by atoms with van der Waals surface area (Å²) in [4.78, 5) is 38.2. The van der Waals surface area contributed by atoms with E-state index in [1.54, 1.807) is 0 Å². The Kier molecular flexibility index (Phi) is 60.7. The lowest BCUT2D eigenvalue weighted by atomic mass is 10.0. The number of ether oxygens (including phenoxy) is 3. The summed E-state index contributed by atoms with van der Waals surface area (Å²) in [5, 5.41) is 0. The van der Waals surface area contributed by atoms with Crippen LogP contribution in [0.5, 0.6) is 0 Å². The van der Waals surface area contributed by atoms with Gasteiger partial charge >= 0.3 is 17.9 Å². The molecule has 6 nitrogen and oxygen atoms in total. The molecule has 0 fully saturated rings. The van der Waals surface area contributed by atoms with Crippen LogP contribution in [0.4, 0.5) is 0 Å². The zero-order chi connectivity index (χ0) is 54.3. The molecule has 0 N–H and O–H groups in total. The summed E-state index contributed by atoms with van der Waals surface area (Å²) < 4.78 is 16.9. The normalized spacial score (nSPS) is 12.5. The largest absolute Gasteiger partial charge is 0.462 e. The van der Waals surface area contributed by atoms with E-state index in [-0.39, 0.29) is 31.1 Å². The highest BCUT2D eigenvalue weighted by atomic mass is 16.6. The SMILES string of the molecule is CC/C=C\C/C=C\C/C=C\C/C=C\C/C=C\C/C=C\CCCCCCC(=O)OC(COC(=O)CCCCCCCCCCC)COC(=O)CCCCCCCCCCCCCCCCCCCCCCCCCCC. The summed E-state index contributed by atoms with van der Waals surface area (Å²) in [5.74, 6) is -0.895. The van der Waals surface area contributed by atoms with Gasteiger partial charge in [0, 0.05) is 19.3 Å². The Labute approximate surface area is 465 Å². The van der Waals surface area contributed by atoms with Gasteiger partial charge in [-0.2, -0.15) is 0 Å². The molecule has 0 aliphatic carbocycles. The topological polar surface area (TPSA) is 78.9 Å².